The summed E-state index contributed by atoms with van der Waals surface area (Å²) in [5.74, 6) is -0.0357. The number of hydrogen-bond donors (Lipinski definition) is 2. The molecule has 20 heavy (non-hydrogen) atoms. The molecule has 1 amide bonds. The van der Waals surface area contributed by atoms with E-state index in [0.717, 1.165) is 25.0 Å². The van der Waals surface area contributed by atoms with Gasteiger partial charge in [-0.2, -0.15) is 5.10 Å². The Labute approximate surface area is 118 Å². The Morgan fingerprint density at radius 3 is 2.80 bits per heavy atom. The molecule has 4 nitrogen and oxygen atoms in total. The third-order valence-electron chi connectivity index (χ3n) is 3.51. The van der Waals surface area contributed by atoms with Crippen molar-refractivity contribution in [3.63, 3.8) is 0 Å². The Bertz CT molecular complexity index is 484. The van der Waals surface area contributed by atoms with Gasteiger partial charge in [-0.25, -0.2) is 9.82 Å². The molecule has 0 spiro atoms. The van der Waals surface area contributed by atoms with Gasteiger partial charge < -0.3 is 5.32 Å². The van der Waals surface area contributed by atoms with Crippen LogP contribution >= 0.6 is 0 Å². The molecule has 1 fully saturated rings. The van der Waals surface area contributed by atoms with Gasteiger partial charge in [0.2, 0.25) is 0 Å². The number of carbonyl (C=O) groups excluding carboxylic acids is 1. The Morgan fingerprint density at radius 1 is 1.35 bits per heavy atom. The molecule has 108 valence electrons. The van der Waals surface area contributed by atoms with E-state index in [0.29, 0.717) is 11.6 Å². The number of halogens is 1. The number of benzene rings is 1. The first-order valence-electron chi connectivity index (χ1n) is 7.00. The molecule has 1 aliphatic rings. The summed E-state index contributed by atoms with van der Waals surface area (Å²) >= 11 is 0. The van der Waals surface area contributed by atoms with Crippen molar-refractivity contribution >= 4 is 17.3 Å². The van der Waals surface area contributed by atoms with Crippen LogP contribution in [-0.4, -0.2) is 18.2 Å². The largest absolute Gasteiger partial charge is 0.376 e. The number of nitrogens with one attached hydrogen (secondary N) is 2. The summed E-state index contributed by atoms with van der Waals surface area (Å²) in [5.41, 5.74) is 4.36. The van der Waals surface area contributed by atoms with Crippen LogP contribution in [0.5, 0.6) is 0 Å². The summed E-state index contributed by atoms with van der Waals surface area (Å²) in [7, 11) is 0. The Morgan fingerprint density at radius 2 is 2.10 bits per heavy atom. The maximum Gasteiger partial charge on any atom is 0.259 e. The van der Waals surface area contributed by atoms with E-state index in [1.165, 1.54) is 18.6 Å². The van der Waals surface area contributed by atoms with E-state index in [9.17, 15) is 9.18 Å². The predicted octanol–water partition coefficient (Wildman–Crippen LogP) is 2.92. The lowest BCUT2D eigenvalue weighted by atomic mass is 9.89. The van der Waals surface area contributed by atoms with Crippen molar-refractivity contribution in [2.45, 2.75) is 32.6 Å². The quantitative estimate of drug-likeness (QED) is 0.831. The SMILES string of the molecule is C[C@H]1CCCC/C1=N/NC(=O)CNc1ccc(F)cc1. The predicted molar refractivity (Wildman–Crippen MR) is 78.1 cm³/mol. The monoisotopic (exact) mass is 277 g/mol. The molecule has 1 atom stereocenters. The number of anilines is 1. The summed E-state index contributed by atoms with van der Waals surface area (Å²) < 4.78 is 12.7. The van der Waals surface area contributed by atoms with Gasteiger partial charge in [0.25, 0.3) is 5.91 Å². The molecule has 1 aromatic rings. The van der Waals surface area contributed by atoms with Crippen LogP contribution in [0.2, 0.25) is 0 Å². The van der Waals surface area contributed by atoms with Gasteiger partial charge in [-0.3, -0.25) is 4.79 Å². The first kappa shape index (κ1) is 14.5. The second kappa shape index (κ2) is 7.03. The van der Waals surface area contributed by atoms with Crippen LogP contribution < -0.4 is 10.7 Å². The van der Waals surface area contributed by atoms with Gasteiger partial charge in [-0.05, 0) is 49.4 Å². The van der Waals surface area contributed by atoms with E-state index in [1.807, 2.05) is 0 Å². The normalized spacial score (nSPS) is 20.7. The highest BCUT2D eigenvalue weighted by atomic mass is 19.1. The van der Waals surface area contributed by atoms with E-state index in [2.05, 4.69) is 22.8 Å². The van der Waals surface area contributed by atoms with Gasteiger partial charge in [0.05, 0.1) is 6.54 Å². The number of hydrogen-bond acceptors (Lipinski definition) is 3. The van der Waals surface area contributed by atoms with Crippen LogP contribution in [0.3, 0.4) is 0 Å². The lowest BCUT2D eigenvalue weighted by Crippen LogP contribution is -2.28. The molecule has 0 bridgehead atoms. The molecule has 0 unspecified atom stereocenters. The fourth-order valence-corrected chi connectivity index (χ4v) is 2.26. The highest BCUT2D eigenvalue weighted by Crippen LogP contribution is 2.20. The number of nitrogens with zero attached hydrogens (tertiary/aromatic N) is 1. The topological polar surface area (TPSA) is 53.5 Å². The van der Waals surface area contributed by atoms with Crippen molar-refractivity contribution in [3.8, 4) is 0 Å². The lowest BCUT2D eigenvalue weighted by Gasteiger charge is -2.19. The maximum absolute atomic E-state index is 12.7. The van der Waals surface area contributed by atoms with E-state index in [4.69, 9.17) is 0 Å². The van der Waals surface area contributed by atoms with E-state index >= 15 is 0 Å². The molecule has 1 saturated carbocycles. The minimum absolute atomic E-state index is 0.122. The van der Waals surface area contributed by atoms with E-state index in [1.54, 1.807) is 12.1 Å². The lowest BCUT2D eigenvalue weighted by molar-refractivity contribution is -0.119. The second-order valence-electron chi connectivity index (χ2n) is 5.15. The van der Waals surface area contributed by atoms with Gasteiger partial charge in [0.1, 0.15) is 5.82 Å². The fourth-order valence-electron chi connectivity index (χ4n) is 2.26. The molecule has 0 radical (unpaired) electrons. The van der Waals surface area contributed by atoms with Gasteiger partial charge in [-0.1, -0.05) is 13.3 Å². The standard InChI is InChI=1S/C15H20FN3O/c1-11-4-2-3-5-14(11)18-19-15(20)10-17-13-8-6-12(16)7-9-13/h6-9,11,17H,2-5,10H2,1H3,(H,19,20)/b18-14-/t11-/m0/s1. The van der Waals surface area contributed by atoms with Crippen molar-refractivity contribution in [2.75, 3.05) is 11.9 Å². The molecule has 0 saturated heterocycles. The van der Waals surface area contributed by atoms with Gasteiger partial charge in [0, 0.05) is 11.4 Å². The van der Waals surface area contributed by atoms with E-state index < -0.39 is 0 Å². The summed E-state index contributed by atoms with van der Waals surface area (Å²) in [4.78, 5) is 11.7. The van der Waals surface area contributed by atoms with Crippen molar-refractivity contribution < 1.29 is 9.18 Å². The first-order valence-corrected chi connectivity index (χ1v) is 7.00. The van der Waals surface area contributed by atoms with Crippen molar-refractivity contribution in [1.82, 2.24) is 5.43 Å². The molecule has 1 aliphatic carbocycles. The summed E-state index contributed by atoms with van der Waals surface area (Å²) in [5, 5.41) is 7.13. The van der Waals surface area contributed by atoms with Crippen LogP contribution in [0.15, 0.2) is 29.4 Å². The number of rotatable bonds is 4. The van der Waals surface area contributed by atoms with Gasteiger partial charge in [-0.15, -0.1) is 0 Å². The first-order chi connectivity index (χ1) is 9.65. The fraction of sp³-hybridized carbons (Fsp3) is 0.467. The zero-order chi connectivity index (χ0) is 14.4. The molecule has 2 N–H and O–H groups in total. The van der Waals surface area contributed by atoms with Gasteiger partial charge >= 0.3 is 0 Å². The Kier molecular flexibility index (Phi) is 5.09. The second-order valence-corrected chi connectivity index (χ2v) is 5.15. The molecular weight excluding hydrogens is 257 g/mol. The van der Waals surface area contributed by atoms with Crippen molar-refractivity contribution in [3.05, 3.63) is 30.1 Å². The van der Waals surface area contributed by atoms with Crippen molar-refractivity contribution in [1.29, 1.82) is 0 Å². The number of carbonyl (C=O) groups is 1. The summed E-state index contributed by atoms with van der Waals surface area (Å²) in [6, 6.07) is 5.89. The Hall–Kier alpha value is -1.91. The van der Waals surface area contributed by atoms with Crippen LogP contribution in [0, 0.1) is 11.7 Å². The maximum atomic E-state index is 12.7. The minimum atomic E-state index is -0.294. The smallest absolute Gasteiger partial charge is 0.259 e. The van der Waals surface area contributed by atoms with Crippen molar-refractivity contribution in [2.24, 2.45) is 11.0 Å². The highest BCUT2D eigenvalue weighted by Gasteiger charge is 2.15. The summed E-state index contributed by atoms with van der Waals surface area (Å²) in [6.45, 7) is 2.26. The number of hydrazone groups is 1. The zero-order valence-corrected chi connectivity index (χ0v) is 11.7. The van der Waals surface area contributed by atoms with E-state index in [-0.39, 0.29) is 18.3 Å². The zero-order valence-electron chi connectivity index (χ0n) is 11.7. The molecular formula is C15H20FN3O. The van der Waals surface area contributed by atoms with Gasteiger partial charge in [0.15, 0.2) is 0 Å². The van der Waals surface area contributed by atoms with Crippen LogP contribution in [-0.2, 0) is 4.79 Å². The Balaban J connectivity index is 1.77. The molecule has 1 aromatic carbocycles. The molecule has 5 heteroatoms. The molecule has 2 rings (SSSR count). The third-order valence-corrected chi connectivity index (χ3v) is 3.51. The van der Waals surface area contributed by atoms with Crippen LogP contribution in [0.4, 0.5) is 10.1 Å². The summed E-state index contributed by atoms with van der Waals surface area (Å²) in [6.07, 6.45) is 4.49. The van der Waals surface area contributed by atoms with Crippen LogP contribution in [0.1, 0.15) is 32.6 Å². The third kappa shape index (κ3) is 4.33. The molecule has 0 heterocycles. The molecule has 0 aliphatic heterocycles. The number of amides is 1. The molecule has 0 aromatic heterocycles. The average molecular weight is 277 g/mol. The average Bonchev–Trinajstić information content (AvgIpc) is 2.46. The highest BCUT2D eigenvalue weighted by molar-refractivity contribution is 5.89. The minimum Gasteiger partial charge on any atom is -0.376 e. The van der Waals surface area contributed by atoms with Crippen LogP contribution in [0.25, 0.3) is 0 Å².